The first-order valence-electron chi connectivity index (χ1n) is 7.13. The number of nitrogens with zero attached hydrogens (tertiary/aromatic N) is 1. The minimum atomic E-state index is 0.809. The van der Waals surface area contributed by atoms with E-state index >= 15 is 0 Å². The van der Waals surface area contributed by atoms with Gasteiger partial charge in [-0.1, -0.05) is 25.3 Å². The summed E-state index contributed by atoms with van der Waals surface area (Å²) < 4.78 is 5.73. The van der Waals surface area contributed by atoms with Gasteiger partial charge in [-0.15, -0.1) is 0 Å². The van der Waals surface area contributed by atoms with Gasteiger partial charge in [0.1, 0.15) is 0 Å². The van der Waals surface area contributed by atoms with Crippen molar-refractivity contribution in [1.82, 2.24) is 10.3 Å². The molecule has 2 rings (SSSR count). The standard InChI is InChI=1S/C15H24N2O/c1-2-6-14(7-3-1)13-18-11-10-16-12-15-8-4-5-9-17-15/h4-5,8-9,14,16H,1-3,6-7,10-13H2. The molecule has 0 atom stereocenters. The maximum absolute atomic E-state index is 5.73. The molecule has 18 heavy (non-hydrogen) atoms. The highest BCUT2D eigenvalue weighted by Gasteiger charge is 2.12. The Bertz CT molecular complexity index is 310. The van der Waals surface area contributed by atoms with Crippen LogP contribution in [-0.2, 0) is 11.3 Å². The van der Waals surface area contributed by atoms with Gasteiger partial charge in [0.25, 0.3) is 0 Å². The highest BCUT2D eigenvalue weighted by molar-refractivity contribution is 5.02. The van der Waals surface area contributed by atoms with Crippen LogP contribution in [-0.4, -0.2) is 24.7 Å². The number of rotatable bonds is 7. The third-order valence-electron chi connectivity index (χ3n) is 3.53. The Labute approximate surface area is 110 Å². The molecule has 1 aromatic heterocycles. The lowest BCUT2D eigenvalue weighted by atomic mass is 9.90. The quantitative estimate of drug-likeness (QED) is 0.753. The summed E-state index contributed by atoms with van der Waals surface area (Å²) >= 11 is 0. The van der Waals surface area contributed by atoms with Gasteiger partial charge in [0, 0.05) is 25.9 Å². The van der Waals surface area contributed by atoms with E-state index in [4.69, 9.17) is 4.74 Å². The van der Waals surface area contributed by atoms with Crippen molar-refractivity contribution >= 4 is 0 Å². The normalized spacial score (nSPS) is 16.9. The van der Waals surface area contributed by atoms with Crippen LogP contribution in [0.1, 0.15) is 37.8 Å². The van der Waals surface area contributed by atoms with Crippen LogP contribution in [0.5, 0.6) is 0 Å². The second-order valence-corrected chi connectivity index (χ2v) is 5.08. The van der Waals surface area contributed by atoms with E-state index in [1.165, 1.54) is 32.1 Å². The fourth-order valence-corrected chi connectivity index (χ4v) is 2.47. The van der Waals surface area contributed by atoms with Crippen molar-refractivity contribution in [2.24, 2.45) is 5.92 Å². The van der Waals surface area contributed by atoms with Crippen LogP contribution in [0.25, 0.3) is 0 Å². The smallest absolute Gasteiger partial charge is 0.0591 e. The molecule has 0 aliphatic heterocycles. The van der Waals surface area contributed by atoms with Gasteiger partial charge in [0.15, 0.2) is 0 Å². The van der Waals surface area contributed by atoms with Gasteiger partial charge in [-0.25, -0.2) is 0 Å². The first-order chi connectivity index (χ1) is 8.95. The van der Waals surface area contributed by atoms with Crippen LogP contribution in [0.15, 0.2) is 24.4 Å². The van der Waals surface area contributed by atoms with Crippen LogP contribution < -0.4 is 5.32 Å². The van der Waals surface area contributed by atoms with Gasteiger partial charge in [0.2, 0.25) is 0 Å². The van der Waals surface area contributed by atoms with Gasteiger partial charge in [-0.05, 0) is 30.9 Å². The molecule has 0 spiro atoms. The monoisotopic (exact) mass is 248 g/mol. The molecule has 1 heterocycles. The SMILES string of the molecule is c1ccc(CNCCOCC2CCCCC2)nc1. The number of aromatic nitrogens is 1. The lowest BCUT2D eigenvalue weighted by molar-refractivity contribution is 0.0868. The molecular weight excluding hydrogens is 224 g/mol. The topological polar surface area (TPSA) is 34.1 Å². The van der Waals surface area contributed by atoms with Crippen LogP contribution in [0.4, 0.5) is 0 Å². The molecule has 0 unspecified atom stereocenters. The van der Waals surface area contributed by atoms with Crippen LogP contribution in [0, 0.1) is 5.92 Å². The largest absolute Gasteiger partial charge is 0.380 e. The average Bonchev–Trinajstić information content (AvgIpc) is 2.45. The molecule has 0 radical (unpaired) electrons. The zero-order chi connectivity index (χ0) is 12.5. The van der Waals surface area contributed by atoms with Gasteiger partial charge < -0.3 is 10.1 Å². The molecule has 1 aromatic rings. The van der Waals surface area contributed by atoms with E-state index in [-0.39, 0.29) is 0 Å². The van der Waals surface area contributed by atoms with E-state index in [9.17, 15) is 0 Å². The molecule has 1 saturated carbocycles. The highest BCUT2D eigenvalue weighted by Crippen LogP contribution is 2.23. The minimum Gasteiger partial charge on any atom is -0.380 e. The maximum atomic E-state index is 5.73. The Morgan fingerprint density at radius 1 is 1.22 bits per heavy atom. The van der Waals surface area contributed by atoms with Gasteiger partial charge in [-0.2, -0.15) is 0 Å². The Morgan fingerprint density at radius 3 is 2.89 bits per heavy atom. The molecular formula is C15H24N2O. The maximum Gasteiger partial charge on any atom is 0.0591 e. The van der Waals surface area contributed by atoms with E-state index in [0.717, 1.165) is 37.9 Å². The fraction of sp³-hybridized carbons (Fsp3) is 0.667. The van der Waals surface area contributed by atoms with E-state index in [1.54, 1.807) is 0 Å². The predicted octanol–water partition coefficient (Wildman–Crippen LogP) is 2.77. The molecule has 3 nitrogen and oxygen atoms in total. The summed E-state index contributed by atoms with van der Waals surface area (Å²) in [6.45, 7) is 3.49. The van der Waals surface area contributed by atoms with Crippen molar-refractivity contribution in [3.05, 3.63) is 30.1 Å². The second kappa shape index (κ2) is 8.22. The summed E-state index contributed by atoms with van der Waals surface area (Å²) in [5.74, 6) is 0.814. The Hall–Kier alpha value is -0.930. The molecule has 0 bridgehead atoms. The minimum absolute atomic E-state index is 0.809. The molecule has 0 aromatic carbocycles. The third-order valence-corrected chi connectivity index (χ3v) is 3.53. The summed E-state index contributed by atoms with van der Waals surface area (Å²) in [5, 5.41) is 3.35. The fourth-order valence-electron chi connectivity index (χ4n) is 2.47. The number of hydrogen-bond donors (Lipinski definition) is 1. The van der Waals surface area contributed by atoms with Gasteiger partial charge in [-0.3, -0.25) is 4.98 Å². The number of pyridine rings is 1. The lowest BCUT2D eigenvalue weighted by Gasteiger charge is -2.21. The molecule has 3 heteroatoms. The number of hydrogen-bond acceptors (Lipinski definition) is 3. The molecule has 0 saturated heterocycles. The zero-order valence-electron chi connectivity index (χ0n) is 11.1. The van der Waals surface area contributed by atoms with E-state index < -0.39 is 0 Å². The molecule has 100 valence electrons. The zero-order valence-corrected chi connectivity index (χ0v) is 11.1. The van der Waals surface area contributed by atoms with Crippen LogP contribution in [0.2, 0.25) is 0 Å². The Balaban J connectivity index is 1.46. The Kier molecular flexibility index (Phi) is 6.17. The van der Waals surface area contributed by atoms with Crippen LogP contribution >= 0.6 is 0 Å². The summed E-state index contributed by atoms with van der Waals surface area (Å²) in [5.41, 5.74) is 1.09. The van der Waals surface area contributed by atoms with E-state index in [2.05, 4.69) is 10.3 Å². The van der Waals surface area contributed by atoms with E-state index in [1.807, 2.05) is 24.4 Å². The van der Waals surface area contributed by atoms with Gasteiger partial charge in [0.05, 0.1) is 12.3 Å². The number of ether oxygens (including phenoxy) is 1. The second-order valence-electron chi connectivity index (χ2n) is 5.08. The molecule has 1 fully saturated rings. The first-order valence-corrected chi connectivity index (χ1v) is 7.13. The van der Waals surface area contributed by atoms with Crippen molar-refractivity contribution in [3.8, 4) is 0 Å². The van der Waals surface area contributed by atoms with Crippen molar-refractivity contribution in [3.63, 3.8) is 0 Å². The summed E-state index contributed by atoms with van der Waals surface area (Å²) in [6.07, 6.45) is 8.76. The first kappa shape index (κ1) is 13.5. The number of nitrogens with one attached hydrogen (secondary N) is 1. The highest BCUT2D eigenvalue weighted by atomic mass is 16.5. The molecule has 1 aliphatic rings. The third kappa shape index (κ3) is 5.15. The van der Waals surface area contributed by atoms with Crippen molar-refractivity contribution in [2.75, 3.05) is 19.8 Å². The average molecular weight is 248 g/mol. The molecule has 1 N–H and O–H groups in total. The van der Waals surface area contributed by atoms with Crippen molar-refractivity contribution in [2.45, 2.75) is 38.6 Å². The van der Waals surface area contributed by atoms with Crippen molar-refractivity contribution < 1.29 is 4.74 Å². The predicted molar refractivity (Wildman–Crippen MR) is 73.3 cm³/mol. The molecule has 1 aliphatic carbocycles. The summed E-state index contributed by atoms with van der Waals surface area (Å²) in [6, 6.07) is 6.00. The van der Waals surface area contributed by atoms with Crippen molar-refractivity contribution in [1.29, 1.82) is 0 Å². The lowest BCUT2D eigenvalue weighted by Crippen LogP contribution is -2.22. The summed E-state index contributed by atoms with van der Waals surface area (Å²) in [7, 11) is 0. The Morgan fingerprint density at radius 2 is 2.11 bits per heavy atom. The van der Waals surface area contributed by atoms with E-state index in [0.29, 0.717) is 0 Å². The summed E-state index contributed by atoms with van der Waals surface area (Å²) in [4.78, 5) is 4.27. The molecule has 0 amide bonds. The van der Waals surface area contributed by atoms with Crippen LogP contribution in [0.3, 0.4) is 0 Å². The van der Waals surface area contributed by atoms with Gasteiger partial charge >= 0.3 is 0 Å².